The van der Waals surface area contributed by atoms with Gasteiger partial charge in [-0.15, -0.1) is 0 Å². The highest BCUT2D eigenvalue weighted by Gasteiger charge is 2.17. The molecule has 0 aromatic heterocycles. The van der Waals surface area contributed by atoms with Crippen molar-refractivity contribution in [1.82, 2.24) is 5.32 Å². The molecule has 0 aliphatic rings. The van der Waals surface area contributed by atoms with Crippen LogP contribution in [0.2, 0.25) is 0 Å². The summed E-state index contributed by atoms with van der Waals surface area (Å²) in [5, 5.41) is 2.86. The van der Waals surface area contributed by atoms with Gasteiger partial charge in [0.05, 0.1) is 18.6 Å². The van der Waals surface area contributed by atoms with Crippen LogP contribution in [0.25, 0.3) is 0 Å². The number of carbonyl (C=O) groups is 1. The van der Waals surface area contributed by atoms with Gasteiger partial charge in [-0.05, 0) is 55.7 Å². The van der Waals surface area contributed by atoms with Crippen LogP contribution in [0, 0.1) is 6.92 Å². The molecule has 1 N–H and O–H groups in total. The largest absolute Gasteiger partial charge is 0.494 e. The van der Waals surface area contributed by atoms with Crippen molar-refractivity contribution < 1.29 is 17.9 Å². The monoisotopic (exact) mass is 404 g/mol. The molecule has 28 heavy (non-hydrogen) atoms. The summed E-state index contributed by atoms with van der Waals surface area (Å²) in [7, 11) is -3.41. The topological polar surface area (TPSA) is 75.7 Å². The van der Waals surface area contributed by atoms with Crippen LogP contribution in [0.5, 0.6) is 5.75 Å². The van der Waals surface area contributed by atoms with Crippen molar-refractivity contribution in [2.45, 2.75) is 33.2 Å². The first-order chi connectivity index (χ1) is 13.3. The van der Waals surface area contributed by atoms with Crippen LogP contribution in [0.1, 0.15) is 30.9 Å². The van der Waals surface area contributed by atoms with Gasteiger partial charge < -0.3 is 10.1 Å². The van der Waals surface area contributed by atoms with Crippen molar-refractivity contribution in [2.24, 2.45) is 0 Å². The van der Waals surface area contributed by atoms with Gasteiger partial charge in [-0.3, -0.25) is 9.10 Å². The number of ether oxygens (including phenoxy) is 1. The fraction of sp³-hybridized carbons (Fsp3) is 0.381. The number of anilines is 1. The normalized spacial score (nSPS) is 11.1. The lowest BCUT2D eigenvalue weighted by atomic mass is 10.2. The molecule has 0 atom stereocenters. The molecular weight excluding hydrogens is 376 g/mol. The average Bonchev–Trinajstić information content (AvgIpc) is 2.64. The number of hydrogen-bond acceptors (Lipinski definition) is 4. The minimum Gasteiger partial charge on any atom is -0.494 e. The molecule has 0 heterocycles. The number of aryl methyl sites for hydroxylation is 1. The van der Waals surface area contributed by atoms with E-state index in [4.69, 9.17) is 4.74 Å². The number of nitrogens with one attached hydrogen (secondary N) is 1. The van der Waals surface area contributed by atoms with Gasteiger partial charge in [-0.25, -0.2) is 8.42 Å². The van der Waals surface area contributed by atoms with Crippen molar-refractivity contribution in [3.8, 4) is 5.75 Å². The number of carbonyl (C=O) groups excluding carboxylic acids is 1. The molecular formula is C21H28N2O4S. The summed E-state index contributed by atoms with van der Waals surface area (Å²) in [6.45, 7) is 5.15. The molecule has 6 nitrogen and oxygen atoms in total. The summed E-state index contributed by atoms with van der Waals surface area (Å²) < 4.78 is 31.0. The van der Waals surface area contributed by atoms with E-state index in [1.807, 2.05) is 56.3 Å². The van der Waals surface area contributed by atoms with E-state index < -0.39 is 10.0 Å². The third kappa shape index (κ3) is 6.88. The third-order valence-corrected chi connectivity index (χ3v) is 5.37. The maximum Gasteiger partial charge on any atom is 0.232 e. The molecule has 0 spiro atoms. The van der Waals surface area contributed by atoms with E-state index in [9.17, 15) is 13.2 Å². The van der Waals surface area contributed by atoms with Crippen molar-refractivity contribution in [3.63, 3.8) is 0 Å². The summed E-state index contributed by atoms with van der Waals surface area (Å²) in [5.41, 5.74) is 2.59. The second-order valence-corrected chi connectivity index (χ2v) is 8.54. The zero-order chi connectivity index (χ0) is 20.6. The van der Waals surface area contributed by atoms with Gasteiger partial charge in [0, 0.05) is 19.5 Å². The Morgan fingerprint density at radius 1 is 1.14 bits per heavy atom. The summed E-state index contributed by atoms with van der Waals surface area (Å²) in [4.78, 5) is 12.1. The Kier molecular flexibility index (Phi) is 7.87. The van der Waals surface area contributed by atoms with E-state index in [1.54, 1.807) is 6.07 Å². The molecule has 0 radical (unpaired) electrons. The van der Waals surface area contributed by atoms with Gasteiger partial charge in [0.25, 0.3) is 0 Å². The first-order valence-corrected chi connectivity index (χ1v) is 11.2. The van der Waals surface area contributed by atoms with Crippen molar-refractivity contribution >= 4 is 21.6 Å². The number of sulfonamides is 1. The number of nitrogens with zero attached hydrogens (tertiary/aromatic N) is 1. The maximum atomic E-state index is 12.1. The second kappa shape index (κ2) is 10.1. The molecule has 0 aliphatic carbocycles. The zero-order valence-corrected chi connectivity index (χ0v) is 17.5. The van der Waals surface area contributed by atoms with Crippen LogP contribution < -0.4 is 14.4 Å². The lowest BCUT2D eigenvalue weighted by molar-refractivity contribution is -0.121. The van der Waals surface area contributed by atoms with Gasteiger partial charge in [0.15, 0.2) is 0 Å². The van der Waals surface area contributed by atoms with E-state index in [1.165, 1.54) is 10.6 Å². The second-order valence-electron chi connectivity index (χ2n) is 6.63. The van der Waals surface area contributed by atoms with Crippen LogP contribution in [-0.4, -0.2) is 33.7 Å². The number of amides is 1. The van der Waals surface area contributed by atoms with Crippen LogP contribution in [0.15, 0.2) is 48.5 Å². The van der Waals surface area contributed by atoms with Gasteiger partial charge in [0.1, 0.15) is 5.75 Å². The molecule has 152 valence electrons. The molecule has 2 aromatic carbocycles. The van der Waals surface area contributed by atoms with Crippen LogP contribution >= 0.6 is 0 Å². The fourth-order valence-electron chi connectivity index (χ4n) is 2.81. The number of hydrogen-bond donors (Lipinski definition) is 1. The summed E-state index contributed by atoms with van der Waals surface area (Å²) in [6, 6.07) is 14.9. The number of rotatable bonds is 10. The van der Waals surface area contributed by atoms with Crippen LogP contribution in [-0.2, 0) is 21.4 Å². The Balaban J connectivity index is 1.84. The molecule has 2 aromatic rings. The predicted octanol–water partition coefficient (Wildman–Crippen LogP) is 3.26. The molecule has 0 fully saturated rings. The van der Waals surface area contributed by atoms with Crippen LogP contribution in [0.3, 0.4) is 0 Å². The van der Waals surface area contributed by atoms with E-state index in [2.05, 4.69) is 5.32 Å². The quantitative estimate of drug-likeness (QED) is 0.659. The van der Waals surface area contributed by atoms with Crippen molar-refractivity contribution in [1.29, 1.82) is 0 Å². The first kappa shape index (κ1) is 21.8. The Hall–Kier alpha value is -2.54. The molecule has 0 saturated carbocycles. The minimum absolute atomic E-state index is 0.105. The van der Waals surface area contributed by atoms with Crippen molar-refractivity contribution in [3.05, 3.63) is 59.7 Å². The summed E-state index contributed by atoms with van der Waals surface area (Å²) in [5.74, 6) is 0.696. The lowest BCUT2D eigenvalue weighted by Gasteiger charge is -2.22. The van der Waals surface area contributed by atoms with Gasteiger partial charge in [-0.2, -0.15) is 0 Å². The van der Waals surface area contributed by atoms with Crippen LogP contribution in [0.4, 0.5) is 5.69 Å². The SMILES string of the molecule is CCOc1ccc(CNC(=O)CCCN(c2cccc(C)c2)S(C)(=O)=O)cc1. The van der Waals surface area contributed by atoms with E-state index in [0.29, 0.717) is 25.3 Å². The molecule has 0 saturated heterocycles. The standard InChI is InChI=1S/C21H28N2O4S/c1-4-27-20-12-10-18(11-13-20)16-22-21(24)9-6-14-23(28(3,25)26)19-8-5-7-17(2)15-19/h5,7-8,10-13,15H,4,6,9,14,16H2,1-3H3,(H,22,24). The minimum atomic E-state index is -3.41. The van der Waals surface area contributed by atoms with Gasteiger partial charge in [-0.1, -0.05) is 24.3 Å². The zero-order valence-electron chi connectivity index (χ0n) is 16.6. The maximum absolute atomic E-state index is 12.1. The van der Waals surface area contributed by atoms with Crippen molar-refractivity contribution in [2.75, 3.05) is 23.7 Å². The average molecular weight is 405 g/mol. The highest BCUT2D eigenvalue weighted by molar-refractivity contribution is 7.92. The van der Waals surface area contributed by atoms with E-state index in [-0.39, 0.29) is 18.9 Å². The lowest BCUT2D eigenvalue weighted by Crippen LogP contribution is -2.32. The highest BCUT2D eigenvalue weighted by atomic mass is 32.2. The Bertz CT molecular complexity index is 880. The summed E-state index contributed by atoms with van der Waals surface area (Å²) >= 11 is 0. The predicted molar refractivity (Wildman–Crippen MR) is 112 cm³/mol. The molecule has 7 heteroatoms. The first-order valence-electron chi connectivity index (χ1n) is 9.32. The fourth-order valence-corrected chi connectivity index (χ4v) is 3.77. The third-order valence-electron chi connectivity index (χ3n) is 4.18. The Labute approximate surface area is 167 Å². The van der Waals surface area contributed by atoms with E-state index in [0.717, 1.165) is 16.9 Å². The molecule has 2 rings (SSSR count). The smallest absolute Gasteiger partial charge is 0.232 e. The Morgan fingerprint density at radius 2 is 1.86 bits per heavy atom. The highest BCUT2D eigenvalue weighted by Crippen LogP contribution is 2.19. The summed E-state index contributed by atoms with van der Waals surface area (Å²) in [6.07, 6.45) is 1.88. The Morgan fingerprint density at radius 3 is 2.46 bits per heavy atom. The molecule has 0 bridgehead atoms. The van der Waals surface area contributed by atoms with Gasteiger partial charge >= 0.3 is 0 Å². The van der Waals surface area contributed by atoms with Gasteiger partial charge in [0.2, 0.25) is 15.9 Å². The van der Waals surface area contributed by atoms with E-state index >= 15 is 0 Å². The number of benzene rings is 2. The molecule has 0 unspecified atom stereocenters. The molecule has 1 amide bonds. The molecule has 0 aliphatic heterocycles.